The number of aliphatic hydroxyl groups excluding tert-OH is 1. The summed E-state index contributed by atoms with van der Waals surface area (Å²) in [6.07, 6.45) is 0.583. The summed E-state index contributed by atoms with van der Waals surface area (Å²) in [6, 6.07) is 15.2. The van der Waals surface area contributed by atoms with Crippen molar-refractivity contribution >= 4 is 11.6 Å². The minimum Gasteiger partial charge on any atom is -0.399 e. The molecule has 0 bridgehead atoms. The normalized spacial score (nSPS) is 11.9. The van der Waals surface area contributed by atoms with E-state index >= 15 is 0 Å². The molecule has 1 atom stereocenters. The van der Waals surface area contributed by atoms with Gasteiger partial charge in [-0.05, 0) is 36.1 Å². The van der Waals surface area contributed by atoms with E-state index in [1.54, 1.807) is 6.92 Å². The lowest BCUT2D eigenvalue weighted by Gasteiger charge is -2.08. The first-order valence-electron chi connectivity index (χ1n) is 7.43. The van der Waals surface area contributed by atoms with Crippen molar-refractivity contribution in [2.24, 2.45) is 0 Å². The van der Waals surface area contributed by atoms with E-state index < -0.39 is 6.10 Å². The van der Waals surface area contributed by atoms with Crippen molar-refractivity contribution in [3.05, 3.63) is 65.2 Å². The van der Waals surface area contributed by atoms with Crippen LogP contribution in [0.4, 0.5) is 5.69 Å². The van der Waals surface area contributed by atoms with E-state index in [0.29, 0.717) is 19.4 Å². The summed E-state index contributed by atoms with van der Waals surface area (Å²) in [4.78, 5) is 11.9. The van der Waals surface area contributed by atoms with Gasteiger partial charge in [-0.3, -0.25) is 4.79 Å². The Bertz CT molecular complexity index is 621. The Morgan fingerprint density at radius 3 is 2.50 bits per heavy atom. The molecular weight excluding hydrogens is 276 g/mol. The molecule has 0 aliphatic heterocycles. The minimum atomic E-state index is -0.472. The summed E-state index contributed by atoms with van der Waals surface area (Å²) in [5.41, 5.74) is 9.46. The number of para-hydroxylation sites is 1. The van der Waals surface area contributed by atoms with E-state index in [4.69, 9.17) is 5.73 Å². The first kappa shape index (κ1) is 16.0. The van der Waals surface area contributed by atoms with Gasteiger partial charge in [0.15, 0.2) is 0 Å². The van der Waals surface area contributed by atoms with Crippen LogP contribution in [-0.4, -0.2) is 11.0 Å². The maximum Gasteiger partial charge on any atom is 0.220 e. The van der Waals surface area contributed by atoms with E-state index in [1.807, 2.05) is 48.5 Å². The molecule has 4 nitrogen and oxygen atoms in total. The maximum atomic E-state index is 11.9. The number of nitrogens with one attached hydrogen (secondary N) is 1. The number of aryl methyl sites for hydroxylation is 1. The molecule has 1 unspecified atom stereocenters. The number of anilines is 1. The number of carbonyl (C=O) groups is 1. The lowest BCUT2D eigenvalue weighted by atomic mass is 10.1. The first-order chi connectivity index (χ1) is 10.6. The highest BCUT2D eigenvalue weighted by Gasteiger charge is 2.05. The van der Waals surface area contributed by atoms with Gasteiger partial charge in [-0.25, -0.2) is 0 Å². The van der Waals surface area contributed by atoms with Crippen molar-refractivity contribution in [2.75, 3.05) is 5.73 Å². The molecule has 1 amide bonds. The highest BCUT2D eigenvalue weighted by Crippen LogP contribution is 2.14. The average molecular weight is 298 g/mol. The summed E-state index contributed by atoms with van der Waals surface area (Å²) in [7, 11) is 0. The van der Waals surface area contributed by atoms with Crippen LogP contribution in [0.3, 0.4) is 0 Å². The molecule has 0 aliphatic rings. The van der Waals surface area contributed by atoms with Crippen LogP contribution in [0.2, 0.25) is 0 Å². The Morgan fingerprint density at radius 1 is 1.18 bits per heavy atom. The number of hydrogen-bond acceptors (Lipinski definition) is 3. The second-order valence-electron chi connectivity index (χ2n) is 5.39. The fraction of sp³-hybridized carbons (Fsp3) is 0.278. The van der Waals surface area contributed by atoms with Crippen LogP contribution in [0.15, 0.2) is 48.5 Å². The molecule has 0 saturated carbocycles. The number of nitrogens with two attached hydrogens (primary N) is 1. The highest BCUT2D eigenvalue weighted by atomic mass is 16.3. The van der Waals surface area contributed by atoms with Gasteiger partial charge < -0.3 is 16.2 Å². The number of nitrogen functional groups attached to an aromatic ring is 1. The lowest BCUT2D eigenvalue weighted by molar-refractivity contribution is -0.121. The molecule has 0 fully saturated rings. The zero-order valence-corrected chi connectivity index (χ0v) is 12.8. The molecule has 2 aromatic rings. The summed E-state index contributed by atoms with van der Waals surface area (Å²) in [5, 5.41) is 12.3. The number of hydrogen-bond donors (Lipinski definition) is 3. The fourth-order valence-electron chi connectivity index (χ4n) is 2.21. The number of rotatable bonds is 6. The second-order valence-corrected chi connectivity index (χ2v) is 5.39. The van der Waals surface area contributed by atoms with Crippen LogP contribution >= 0.6 is 0 Å². The van der Waals surface area contributed by atoms with Crippen molar-refractivity contribution in [1.82, 2.24) is 5.32 Å². The zero-order chi connectivity index (χ0) is 15.9. The van der Waals surface area contributed by atoms with Crippen molar-refractivity contribution in [3.8, 4) is 0 Å². The molecule has 0 aromatic heterocycles. The van der Waals surface area contributed by atoms with E-state index in [0.717, 1.165) is 22.4 Å². The molecule has 2 rings (SSSR count). The van der Waals surface area contributed by atoms with Crippen LogP contribution in [0.5, 0.6) is 0 Å². The molecule has 0 spiro atoms. The molecular formula is C18H22N2O2. The highest BCUT2D eigenvalue weighted by molar-refractivity contribution is 5.76. The third-order valence-electron chi connectivity index (χ3n) is 3.63. The Balaban J connectivity index is 1.79. The van der Waals surface area contributed by atoms with E-state index in [9.17, 15) is 9.90 Å². The summed E-state index contributed by atoms with van der Waals surface area (Å²) < 4.78 is 0. The SMILES string of the molecule is CC(O)c1ccc(CNC(=O)CCc2ccccc2N)cc1. The quantitative estimate of drug-likeness (QED) is 0.717. The van der Waals surface area contributed by atoms with Crippen molar-refractivity contribution in [2.45, 2.75) is 32.4 Å². The molecule has 0 radical (unpaired) electrons. The Morgan fingerprint density at radius 2 is 1.86 bits per heavy atom. The number of carbonyl (C=O) groups excluding carboxylic acids is 1. The molecule has 0 heterocycles. The second kappa shape index (κ2) is 7.61. The number of amides is 1. The Labute approximate surface area is 131 Å². The molecule has 0 aliphatic carbocycles. The monoisotopic (exact) mass is 298 g/mol. The molecule has 2 aromatic carbocycles. The summed E-state index contributed by atoms with van der Waals surface area (Å²) in [5.74, 6) is 0.00264. The summed E-state index contributed by atoms with van der Waals surface area (Å²) in [6.45, 7) is 2.22. The van der Waals surface area contributed by atoms with Gasteiger partial charge in [0.2, 0.25) is 5.91 Å². The van der Waals surface area contributed by atoms with Gasteiger partial charge in [0.1, 0.15) is 0 Å². The largest absolute Gasteiger partial charge is 0.399 e. The number of aliphatic hydroxyl groups is 1. The minimum absolute atomic E-state index is 0.00264. The molecule has 4 N–H and O–H groups in total. The van der Waals surface area contributed by atoms with Gasteiger partial charge in [-0.2, -0.15) is 0 Å². The van der Waals surface area contributed by atoms with Crippen molar-refractivity contribution in [3.63, 3.8) is 0 Å². The Kier molecular flexibility index (Phi) is 5.55. The Hall–Kier alpha value is -2.33. The maximum absolute atomic E-state index is 11.9. The summed E-state index contributed by atoms with van der Waals surface area (Å²) >= 11 is 0. The van der Waals surface area contributed by atoms with E-state index in [-0.39, 0.29) is 5.91 Å². The van der Waals surface area contributed by atoms with Crippen LogP contribution < -0.4 is 11.1 Å². The van der Waals surface area contributed by atoms with Crippen molar-refractivity contribution < 1.29 is 9.90 Å². The predicted octanol–water partition coefficient (Wildman–Crippen LogP) is 2.57. The van der Waals surface area contributed by atoms with Crippen LogP contribution in [0.1, 0.15) is 36.1 Å². The smallest absolute Gasteiger partial charge is 0.220 e. The third kappa shape index (κ3) is 4.60. The zero-order valence-electron chi connectivity index (χ0n) is 12.8. The van der Waals surface area contributed by atoms with Crippen molar-refractivity contribution in [1.29, 1.82) is 0 Å². The van der Waals surface area contributed by atoms with Gasteiger partial charge in [0.25, 0.3) is 0 Å². The lowest BCUT2D eigenvalue weighted by Crippen LogP contribution is -2.23. The van der Waals surface area contributed by atoms with Gasteiger partial charge in [0, 0.05) is 18.7 Å². The molecule has 4 heteroatoms. The number of benzene rings is 2. The molecule has 116 valence electrons. The first-order valence-corrected chi connectivity index (χ1v) is 7.43. The van der Waals surface area contributed by atoms with Gasteiger partial charge in [-0.1, -0.05) is 42.5 Å². The van der Waals surface area contributed by atoms with Gasteiger partial charge in [0.05, 0.1) is 6.10 Å². The molecule has 22 heavy (non-hydrogen) atoms. The van der Waals surface area contributed by atoms with E-state index in [2.05, 4.69) is 5.32 Å². The predicted molar refractivity (Wildman–Crippen MR) is 88.1 cm³/mol. The third-order valence-corrected chi connectivity index (χ3v) is 3.63. The topological polar surface area (TPSA) is 75.3 Å². The van der Waals surface area contributed by atoms with Gasteiger partial charge >= 0.3 is 0 Å². The van der Waals surface area contributed by atoms with Gasteiger partial charge in [-0.15, -0.1) is 0 Å². The van der Waals surface area contributed by atoms with Crippen LogP contribution in [0.25, 0.3) is 0 Å². The van der Waals surface area contributed by atoms with E-state index in [1.165, 1.54) is 0 Å². The average Bonchev–Trinajstić information content (AvgIpc) is 2.52. The molecule has 0 saturated heterocycles. The standard InChI is InChI=1S/C18H22N2O2/c1-13(21)15-8-6-14(7-9-15)12-20-18(22)11-10-16-4-2-3-5-17(16)19/h2-9,13,21H,10-12,19H2,1H3,(H,20,22). The van der Waals surface area contributed by atoms with Crippen LogP contribution in [-0.2, 0) is 17.8 Å². The fourth-order valence-corrected chi connectivity index (χ4v) is 2.21. The van der Waals surface area contributed by atoms with Crippen LogP contribution in [0, 0.1) is 0 Å².